The first-order valence-corrected chi connectivity index (χ1v) is 6.62. The summed E-state index contributed by atoms with van der Waals surface area (Å²) in [6, 6.07) is 1.82. The lowest BCUT2D eigenvalue weighted by atomic mass is 10.3. The van der Waals surface area contributed by atoms with Crippen LogP contribution in [0.1, 0.15) is 0 Å². The summed E-state index contributed by atoms with van der Waals surface area (Å²) in [5, 5.41) is 0. The van der Waals surface area contributed by atoms with E-state index in [9.17, 15) is 0 Å². The SMILES string of the molecule is COCCN=C(NN)N1CCN(c2ncccn2)CC1. The molecule has 0 unspecified atom stereocenters. The van der Waals surface area contributed by atoms with Crippen molar-refractivity contribution in [3.8, 4) is 0 Å². The fraction of sp³-hybridized carbons (Fsp3) is 0.583. The van der Waals surface area contributed by atoms with Gasteiger partial charge in [-0.05, 0) is 6.07 Å². The third kappa shape index (κ3) is 3.78. The van der Waals surface area contributed by atoms with E-state index in [2.05, 4.69) is 30.2 Å². The second kappa shape index (κ2) is 7.61. The largest absolute Gasteiger partial charge is 0.383 e. The molecule has 0 radical (unpaired) electrons. The normalized spacial score (nSPS) is 16.4. The molecule has 3 N–H and O–H groups in total. The van der Waals surface area contributed by atoms with Crippen molar-refractivity contribution in [3.05, 3.63) is 18.5 Å². The molecule has 0 saturated carbocycles. The van der Waals surface area contributed by atoms with Gasteiger partial charge in [-0.3, -0.25) is 5.43 Å². The van der Waals surface area contributed by atoms with Crippen LogP contribution in [0.2, 0.25) is 0 Å². The Bertz CT molecular complexity index is 417. The Labute approximate surface area is 118 Å². The number of hydrogen-bond acceptors (Lipinski definition) is 6. The van der Waals surface area contributed by atoms with E-state index >= 15 is 0 Å². The number of anilines is 1. The van der Waals surface area contributed by atoms with Gasteiger partial charge in [0.25, 0.3) is 0 Å². The molecule has 2 heterocycles. The Hall–Kier alpha value is -1.93. The van der Waals surface area contributed by atoms with Crippen molar-refractivity contribution in [2.45, 2.75) is 0 Å². The number of ether oxygens (including phenoxy) is 1. The fourth-order valence-electron chi connectivity index (χ4n) is 2.05. The highest BCUT2D eigenvalue weighted by molar-refractivity contribution is 5.79. The highest BCUT2D eigenvalue weighted by Crippen LogP contribution is 2.09. The third-order valence-corrected chi connectivity index (χ3v) is 3.10. The third-order valence-electron chi connectivity index (χ3n) is 3.10. The first-order chi connectivity index (χ1) is 9.85. The van der Waals surface area contributed by atoms with Crippen molar-refractivity contribution in [1.82, 2.24) is 20.3 Å². The molecule has 0 aliphatic carbocycles. The molecule has 1 aromatic rings. The Morgan fingerprint density at radius 2 is 2.05 bits per heavy atom. The second-order valence-corrected chi connectivity index (χ2v) is 4.37. The van der Waals surface area contributed by atoms with Crippen LogP contribution in [-0.4, -0.2) is 67.3 Å². The Balaban J connectivity index is 1.88. The van der Waals surface area contributed by atoms with Gasteiger partial charge in [0.05, 0.1) is 13.2 Å². The summed E-state index contributed by atoms with van der Waals surface area (Å²) >= 11 is 0. The van der Waals surface area contributed by atoms with E-state index in [0.717, 1.165) is 32.1 Å². The molecule has 0 spiro atoms. The number of nitrogens with one attached hydrogen (secondary N) is 1. The minimum Gasteiger partial charge on any atom is -0.383 e. The van der Waals surface area contributed by atoms with Crippen LogP contribution in [0.25, 0.3) is 0 Å². The molecule has 1 aliphatic heterocycles. The molecule has 1 aromatic heterocycles. The highest BCUT2D eigenvalue weighted by atomic mass is 16.5. The standard InChI is InChI=1S/C12H21N7O/c1-20-10-5-16-12(17-13)19-8-6-18(7-9-19)11-14-3-2-4-15-11/h2-4H,5-10,13H2,1H3,(H,16,17). The minimum absolute atomic E-state index is 0.586. The zero-order valence-corrected chi connectivity index (χ0v) is 11.7. The van der Waals surface area contributed by atoms with Crippen LogP contribution in [0.5, 0.6) is 0 Å². The quantitative estimate of drug-likeness (QED) is 0.242. The summed E-state index contributed by atoms with van der Waals surface area (Å²) in [6.45, 7) is 4.52. The molecule has 0 atom stereocenters. The van der Waals surface area contributed by atoms with E-state index in [1.54, 1.807) is 19.5 Å². The number of piperazine rings is 1. The van der Waals surface area contributed by atoms with Gasteiger partial charge in [0.2, 0.25) is 11.9 Å². The lowest BCUT2D eigenvalue weighted by Crippen LogP contribution is -2.54. The van der Waals surface area contributed by atoms with Gasteiger partial charge in [0.1, 0.15) is 0 Å². The molecule has 0 amide bonds. The average Bonchev–Trinajstić information content (AvgIpc) is 2.53. The Morgan fingerprint density at radius 3 is 2.65 bits per heavy atom. The minimum atomic E-state index is 0.586. The monoisotopic (exact) mass is 279 g/mol. The van der Waals surface area contributed by atoms with Crippen molar-refractivity contribution in [3.63, 3.8) is 0 Å². The van der Waals surface area contributed by atoms with Crippen LogP contribution < -0.4 is 16.2 Å². The number of hydrogen-bond donors (Lipinski definition) is 2. The van der Waals surface area contributed by atoms with Gasteiger partial charge >= 0.3 is 0 Å². The molecule has 2 rings (SSSR count). The molecule has 1 fully saturated rings. The predicted octanol–water partition coefficient (Wildman–Crippen LogP) is -0.936. The number of nitrogens with zero attached hydrogens (tertiary/aromatic N) is 5. The number of nitrogens with two attached hydrogens (primary N) is 1. The van der Waals surface area contributed by atoms with Gasteiger partial charge in [0, 0.05) is 45.7 Å². The predicted molar refractivity (Wildman–Crippen MR) is 77.3 cm³/mol. The van der Waals surface area contributed by atoms with Crippen LogP contribution in [0.4, 0.5) is 5.95 Å². The topological polar surface area (TPSA) is 91.9 Å². The number of methoxy groups -OCH3 is 1. The van der Waals surface area contributed by atoms with E-state index in [0.29, 0.717) is 19.1 Å². The molecule has 8 nitrogen and oxygen atoms in total. The van der Waals surface area contributed by atoms with Gasteiger partial charge in [-0.25, -0.2) is 20.8 Å². The molecule has 20 heavy (non-hydrogen) atoms. The van der Waals surface area contributed by atoms with Crippen molar-refractivity contribution < 1.29 is 4.74 Å². The van der Waals surface area contributed by atoms with E-state index in [4.69, 9.17) is 10.6 Å². The molecular weight excluding hydrogens is 258 g/mol. The molecule has 0 aromatic carbocycles. The Morgan fingerprint density at radius 1 is 1.35 bits per heavy atom. The number of guanidine groups is 1. The summed E-state index contributed by atoms with van der Waals surface area (Å²) in [4.78, 5) is 17.2. The summed E-state index contributed by atoms with van der Waals surface area (Å²) in [7, 11) is 1.66. The van der Waals surface area contributed by atoms with Gasteiger partial charge in [-0.2, -0.15) is 0 Å². The summed E-state index contributed by atoms with van der Waals surface area (Å²) in [6.07, 6.45) is 3.52. The van der Waals surface area contributed by atoms with Crippen molar-refractivity contribution >= 4 is 11.9 Å². The molecule has 1 aliphatic rings. The van der Waals surface area contributed by atoms with Gasteiger partial charge in [-0.1, -0.05) is 0 Å². The fourth-order valence-corrected chi connectivity index (χ4v) is 2.05. The van der Waals surface area contributed by atoms with Crippen LogP contribution in [0, 0.1) is 0 Å². The highest BCUT2D eigenvalue weighted by Gasteiger charge is 2.20. The number of rotatable bonds is 4. The maximum Gasteiger partial charge on any atom is 0.225 e. The molecule has 110 valence electrons. The Kier molecular flexibility index (Phi) is 5.51. The summed E-state index contributed by atoms with van der Waals surface area (Å²) < 4.78 is 4.98. The van der Waals surface area contributed by atoms with Gasteiger partial charge in [0.15, 0.2) is 0 Å². The zero-order valence-electron chi connectivity index (χ0n) is 11.7. The van der Waals surface area contributed by atoms with E-state index in [1.165, 1.54) is 0 Å². The smallest absolute Gasteiger partial charge is 0.225 e. The molecular formula is C12H21N7O. The maximum atomic E-state index is 5.53. The lowest BCUT2D eigenvalue weighted by molar-refractivity contribution is 0.207. The van der Waals surface area contributed by atoms with Crippen LogP contribution in [0.3, 0.4) is 0 Å². The number of hydrazine groups is 1. The molecule has 1 saturated heterocycles. The molecule has 0 bridgehead atoms. The van der Waals surface area contributed by atoms with Crippen LogP contribution in [-0.2, 0) is 4.74 Å². The van der Waals surface area contributed by atoms with E-state index < -0.39 is 0 Å². The lowest BCUT2D eigenvalue weighted by Gasteiger charge is -2.36. The van der Waals surface area contributed by atoms with Crippen molar-refractivity contribution in [2.24, 2.45) is 10.8 Å². The van der Waals surface area contributed by atoms with Gasteiger partial charge in [-0.15, -0.1) is 0 Å². The maximum absolute atomic E-state index is 5.53. The zero-order chi connectivity index (χ0) is 14.2. The van der Waals surface area contributed by atoms with E-state index in [1.807, 2.05) is 6.07 Å². The van der Waals surface area contributed by atoms with E-state index in [-0.39, 0.29) is 0 Å². The van der Waals surface area contributed by atoms with Gasteiger partial charge < -0.3 is 14.5 Å². The van der Waals surface area contributed by atoms with Crippen LogP contribution in [0.15, 0.2) is 23.5 Å². The summed E-state index contributed by atoms with van der Waals surface area (Å²) in [5.41, 5.74) is 2.66. The van der Waals surface area contributed by atoms with Crippen LogP contribution >= 0.6 is 0 Å². The number of aliphatic imine (C=N–C) groups is 1. The van der Waals surface area contributed by atoms with Crippen molar-refractivity contribution in [2.75, 3.05) is 51.3 Å². The molecule has 8 heteroatoms. The first kappa shape index (κ1) is 14.5. The average molecular weight is 279 g/mol. The first-order valence-electron chi connectivity index (χ1n) is 6.62. The van der Waals surface area contributed by atoms with Crippen molar-refractivity contribution in [1.29, 1.82) is 0 Å². The second-order valence-electron chi connectivity index (χ2n) is 4.37. The number of aromatic nitrogens is 2. The summed E-state index contributed by atoms with van der Waals surface area (Å²) in [5.74, 6) is 7.00.